The normalized spacial score (nSPS) is 13.3. The smallest absolute Gasteiger partial charge is 0.481 e. The maximum atomic E-state index is 15.0. The molecule has 6 rings (SSSR count). The van der Waals surface area contributed by atoms with Gasteiger partial charge in [0, 0.05) is 116 Å². The molecule has 0 saturated heterocycles. The number of benzene rings is 4. The Morgan fingerprint density at radius 2 is 0.822 bits per heavy atom. The highest BCUT2D eigenvalue weighted by Crippen LogP contribution is 2.44. The molecule has 6 aromatic rings. The number of hydrogen-bond acceptors (Lipinski definition) is 21. The van der Waals surface area contributed by atoms with Crippen LogP contribution in [0, 0.1) is 34.1 Å². The van der Waals surface area contributed by atoms with E-state index in [1.807, 2.05) is 111 Å². The minimum absolute atomic E-state index is 0.00337. The van der Waals surface area contributed by atoms with Crippen LogP contribution >= 0.6 is 23.5 Å². The number of aliphatic carboxylic acids is 6. The van der Waals surface area contributed by atoms with Gasteiger partial charge >= 0.3 is 48.2 Å². The van der Waals surface area contributed by atoms with E-state index in [0.717, 1.165) is 71.0 Å². The number of amides is 6. The van der Waals surface area contributed by atoms with E-state index in [4.69, 9.17) is 58.1 Å². The Hall–Kier alpha value is -11.5. The zero-order chi connectivity index (χ0) is 97.6. The number of carbonyl (C=O) groups is 13. The van der Waals surface area contributed by atoms with Gasteiger partial charge in [0.25, 0.3) is 0 Å². The molecule has 8 atom stereocenters. The number of nitrogens with zero attached hydrogens (tertiary/aromatic N) is 4. The summed E-state index contributed by atoms with van der Waals surface area (Å²) < 4.78 is 126. The minimum Gasteiger partial charge on any atom is -0.481 e. The average molecular weight is 1880 g/mol. The number of halogens is 10. The second-order valence-corrected chi connectivity index (χ2v) is 33.7. The fourth-order valence-electron chi connectivity index (χ4n) is 12.5. The van der Waals surface area contributed by atoms with Crippen LogP contribution in [0.15, 0.2) is 122 Å². The van der Waals surface area contributed by atoms with Crippen LogP contribution in [0.5, 0.6) is 0 Å². The number of aliphatic hydroxyl groups is 2. The van der Waals surface area contributed by atoms with Crippen LogP contribution in [-0.4, -0.2) is 248 Å². The van der Waals surface area contributed by atoms with Crippen molar-refractivity contribution < 1.29 is 147 Å². The third kappa shape index (κ3) is 39.6. The van der Waals surface area contributed by atoms with Crippen molar-refractivity contribution in [3.63, 3.8) is 0 Å². The van der Waals surface area contributed by atoms with Crippen molar-refractivity contribution in [3.8, 4) is 22.3 Å². The molecule has 33 nitrogen and oxygen atoms in total. The van der Waals surface area contributed by atoms with Crippen molar-refractivity contribution in [3.05, 3.63) is 167 Å². The molecule has 45 heteroatoms. The topological polar surface area (TPSA) is 552 Å². The number of carboxylic acids is 6. The number of carbonyl (C=O) groups excluding carboxylic acids is 7. The van der Waals surface area contributed by atoms with Crippen LogP contribution < -0.4 is 44.2 Å². The van der Waals surface area contributed by atoms with E-state index in [2.05, 4.69) is 21.3 Å². The van der Waals surface area contributed by atoms with Crippen molar-refractivity contribution in [1.29, 1.82) is 0 Å². The number of aliphatic hydroxyl groups excluding tert-OH is 2. The first-order valence-corrected chi connectivity index (χ1v) is 41.8. The summed E-state index contributed by atoms with van der Waals surface area (Å²) in [7, 11) is 0. The Morgan fingerprint density at radius 1 is 0.450 bits per heavy atom. The second kappa shape index (κ2) is 53.5. The van der Waals surface area contributed by atoms with E-state index in [1.165, 1.54) is 9.80 Å². The number of rotatable bonds is 46. The average Bonchev–Trinajstić information content (AvgIpc) is 1.65. The molecular formula is C84H108F10N12O21S2. The highest BCUT2D eigenvalue weighted by Gasteiger charge is 2.42. The summed E-state index contributed by atoms with van der Waals surface area (Å²) in [5, 5.41) is 78.8. The molecule has 0 radical (unpaired) electrons. The molecule has 712 valence electrons. The van der Waals surface area contributed by atoms with Crippen molar-refractivity contribution in [2.75, 3.05) is 64.0 Å². The summed E-state index contributed by atoms with van der Waals surface area (Å²) >= 11 is 1.55. The summed E-state index contributed by atoms with van der Waals surface area (Å²) in [5.74, 6) is -17.4. The van der Waals surface area contributed by atoms with Gasteiger partial charge in [0.15, 0.2) is 5.78 Å². The predicted molar refractivity (Wildman–Crippen MR) is 454 cm³/mol. The number of nitrogens with two attached hydrogens (primary N) is 4. The van der Waals surface area contributed by atoms with Gasteiger partial charge in [-0.25, -0.2) is 27.2 Å². The molecule has 0 spiro atoms. The summed E-state index contributed by atoms with van der Waals surface area (Å²) in [6, 6.07) is 22.6. The van der Waals surface area contributed by atoms with Crippen LogP contribution in [0.25, 0.3) is 22.3 Å². The van der Waals surface area contributed by atoms with Gasteiger partial charge in [-0.15, -0.1) is 23.5 Å². The fraction of sp³-hybridized carbons (Fsp3) is 0.464. The molecular weight excluding hydrogens is 1770 g/mol. The van der Waals surface area contributed by atoms with Crippen molar-refractivity contribution in [2.45, 2.75) is 172 Å². The molecule has 129 heavy (non-hydrogen) atoms. The second-order valence-electron chi connectivity index (χ2n) is 31.2. The number of unbranched alkanes of at least 4 members (excludes halogenated alkanes) is 2. The standard InChI is InChI=1S/C40H52F2N6O9S.C40H54F2N6O8S.2C2HF3O2/c1-40(2,3)36(32-16-25(28-17-26(41)11-12-29(28)42)21-47(32)20-24-8-5-4-6-9-24)48(34(51)22-49)15-13-30(43)37(54)45-14-7-10-27(50)19-46-38(55)33(18-35(52)53)58-23-31(44)39(56)57;1-40(2,3)36(32-18-26(28-19-27(41)12-13-29(28)42)22-47(32)21-25-10-6-4-7-11-25)48(35(51)23-49)17-14-30(43)37(52)46-16-9-5-8-15-45-34(50)20-33(39(55)56)57-24-31(44)38(53)54;2*3-2(4,5)1(6)7/h4-6,8-9,11-12,16-17,21,30-31,33,36,49H,7,10,13-15,18-20,22-23,43-44H2,1-3H3,(H,45,54)(H,46,55)(H,52,53)(H,56,57);4,6-7,10-13,18-19,22,30-31,33,36,49H,5,8-9,14-17,20-21,23-24,43-44H2,1-3H3,(H,45,50)(H,46,52)(H,53,54)(H,55,56);2*(H,6,7)/t2*30-,31-,33?,36-;;/m00../s1. The predicted octanol–water partition coefficient (Wildman–Crippen LogP) is 7.44. The maximum Gasteiger partial charge on any atom is 0.490 e. The Balaban J connectivity index is 0.000000577. The molecule has 0 aliphatic heterocycles. The zero-order valence-electron chi connectivity index (χ0n) is 71.1. The lowest BCUT2D eigenvalue weighted by molar-refractivity contribution is -0.193. The molecule has 2 heterocycles. The zero-order valence-corrected chi connectivity index (χ0v) is 72.7. The number of aromatic nitrogens is 2. The maximum absolute atomic E-state index is 15.0. The van der Waals surface area contributed by atoms with E-state index < -0.39 is 196 Å². The monoisotopic (exact) mass is 1870 g/mol. The van der Waals surface area contributed by atoms with Crippen LogP contribution in [0.3, 0.4) is 0 Å². The largest absolute Gasteiger partial charge is 0.490 e. The molecule has 0 aliphatic carbocycles. The molecule has 0 aliphatic rings. The van der Waals surface area contributed by atoms with Gasteiger partial charge in [-0.2, -0.15) is 26.3 Å². The van der Waals surface area contributed by atoms with Crippen molar-refractivity contribution >= 4 is 101 Å². The first-order chi connectivity index (χ1) is 60.1. The number of ketones is 1. The first-order valence-electron chi connectivity index (χ1n) is 39.7. The third-order valence-electron chi connectivity index (χ3n) is 18.7. The molecule has 2 aromatic heterocycles. The van der Waals surface area contributed by atoms with Crippen molar-refractivity contribution in [1.82, 2.24) is 40.2 Å². The first kappa shape index (κ1) is 112. The highest BCUT2D eigenvalue weighted by molar-refractivity contribution is 8.00. The SMILES string of the molecule is CC(C)(C)[C@H](c1cc(-c2cc(F)ccc2F)cn1Cc1ccccc1)N(CC[C@H](N)C(=O)NCCCC(=O)CNC(=O)C(CC(=O)O)SC[C@H](N)C(=O)O)C(=O)CO.CC(C)(C)[C@H](c1cc(-c2cc(F)ccc2F)cn1Cc1ccccc1)N(CC[C@H](N)C(=O)NCCCCCNC(=O)CC(SC[C@H](N)C(=O)O)C(=O)O)C(=O)CO.O=C(O)C(F)(F)F.O=C(O)C(F)(F)F. The Morgan fingerprint density at radius 3 is 1.17 bits per heavy atom. The van der Waals surface area contributed by atoms with Gasteiger partial charge < -0.3 is 104 Å². The Labute approximate surface area is 743 Å². The lowest BCUT2D eigenvalue weighted by Crippen LogP contribution is -2.47. The summed E-state index contributed by atoms with van der Waals surface area (Å²) in [4.78, 5) is 155. The third-order valence-corrected chi connectivity index (χ3v) is 21.4. The summed E-state index contributed by atoms with van der Waals surface area (Å²) in [6.45, 7) is 10.6. The molecule has 2 unspecified atom stereocenters. The number of hydrogen-bond donors (Lipinski definition) is 16. The Kier molecular flexibility index (Phi) is 46.3. The van der Waals surface area contributed by atoms with E-state index >= 15 is 8.78 Å². The van der Waals surface area contributed by atoms with Gasteiger partial charge in [-0.05, 0) is 109 Å². The van der Waals surface area contributed by atoms with Crippen LogP contribution in [-0.2, 0) is 75.4 Å². The van der Waals surface area contributed by atoms with Gasteiger partial charge in [0.05, 0.1) is 42.4 Å². The molecule has 0 bridgehead atoms. The summed E-state index contributed by atoms with van der Waals surface area (Å²) in [6.07, 6.45) is -5.81. The lowest BCUT2D eigenvalue weighted by Gasteiger charge is -2.41. The molecule has 4 aromatic carbocycles. The van der Waals surface area contributed by atoms with Crippen molar-refractivity contribution in [2.24, 2.45) is 33.8 Å². The van der Waals surface area contributed by atoms with E-state index in [9.17, 15) is 103 Å². The Bertz CT molecular complexity index is 4710. The molecule has 20 N–H and O–H groups in total. The van der Waals surface area contributed by atoms with Crippen LogP contribution in [0.2, 0.25) is 0 Å². The number of Topliss-reactive ketones (excluding diaryl/α,β-unsaturated/α-hetero) is 1. The molecule has 0 saturated carbocycles. The number of carboxylic acid groups (broad SMARTS) is 6. The summed E-state index contributed by atoms with van der Waals surface area (Å²) in [5.41, 5.74) is 26.0. The van der Waals surface area contributed by atoms with E-state index in [0.29, 0.717) is 61.4 Å². The molecule has 0 fully saturated rings. The number of thioether (sulfide) groups is 2. The number of nitrogens with one attached hydrogen (secondary N) is 4. The quantitative estimate of drug-likeness (QED) is 0.0130. The fourth-order valence-corrected chi connectivity index (χ4v) is 14.5. The van der Waals surface area contributed by atoms with Gasteiger partial charge in [0.1, 0.15) is 53.8 Å². The van der Waals surface area contributed by atoms with Gasteiger partial charge in [-0.1, -0.05) is 102 Å². The molecule has 6 amide bonds. The van der Waals surface area contributed by atoms with E-state index in [1.54, 1.807) is 24.5 Å². The van der Waals surface area contributed by atoms with Crippen LogP contribution in [0.1, 0.15) is 134 Å². The number of alkyl halides is 6. The lowest BCUT2D eigenvalue weighted by atomic mass is 9.82. The minimum atomic E-state index is -5.08. The van der Waals surface area contributed by atoms with E-state index in [-0.39, 0.29) is 80.9 Å². The highest BCUT2D eigenvalue weighted by atomic mass is 32.2. The van der Waals surface area contributed by atoms with Crippen LogP contribution in [0.4, 0.5) is 43.9 Å². The van der Waals surface area contributed by atoms with Gasteiger partial charge in [-0.3, -0.25) is 52.7 Å². The van der Waals surface area contributed by atoms with Gasteiger partial charge in [0.2, 0.25) is 35.4 Å².